The van der Waals surface area contributed by atoms with Gasteiger partial charge in [-0.05, 0) is 50.5 Å². The van der Waals surface area contributed by atoms with Gasteiger partial charge < -0.3 is 10.4 Å². The van der Waals surface area contributed by atoms with Crippen LogP contribution >= 0.6 is 0 Å². The van der Waals surface area contributed by atoms with Crippen LogP contribution in [0.4, 0.5) is 5.69 Å². The summed E-state index contributed by atoms with van der Waals surface area (Å²) in [5.41, 5.74) is 0.873. The highest BCUT2D eigenvalue weighted by Crippen LogP contribution is 2.15. The van der Waals surface area contributed by atoms with Gasteiger partial charge in [0.25, 0.3) is 0 Å². The number of benzene rings is 1. The fourth-order valence-corrected chi connectivity index (χ4v) is 3.00. The lowest BCUT2D eigenvalue weighted by molar-refractivity contribution is 0.266. The van der Waals surface area contributed by atoms with E-state index < -0.39 is 10.0 Å². The van der Waals surface area contributed by atoms with Crippen LogP contribution < -0.4 is 10.0 Å². The zero-order valence-electron chi connectivity index (χ0n) is 12.3. The summed E-state index contributed by atoms with van der Waals surface area (Å²) in [6, 6.07) is 6.55. The Bertz CT molecular complexity index is 498. The van der Waals surface area contributed by atoms with Crippen molar-refractivity contribution in [2.75, 3.05) is 18.5 Å². The van der Waals surface area contributed by atoms with Gasteiger partial charge in [-0.3, -0.25) is 0 Å². The van der Waals surface area contributed by atoms with E-state index in [9.17, 15) is 8.42 Å². The van der Waals surface area contributed by atoms with Crippen molar-refractivity contribution in [1.82, 2.24) is 4.72 Å². The maximum Gasteiger partial charge on any atom is 0.240 e. The summed E-state index contributed by atoms with van der Waals surface area (Å²) in [7, 11) is -3.43. The number of hydrogen-bond acceptors (Lipinski definition) is 4. The smallest absolute Gasteiger partial charge is 0.240 e. The molecule has 114 valence electrons. The lowest BCUT2D eigenvalue weighted by Crippen LogP contribution is -2.30. The van der Waals surface area contributed by atoms with E-state index in [1.54, 1.807) is 38.1 Å². The van der Waals surface area contributed by atoms with Gasteiger partial charge in [-0.15, -0.1) is 0 Å². The first-order chi connectivity index (χ1) is 9.35. The topological polar surface area (TPSA) is 78.4 Å². The Kier molecular flexibility index (Phi) is 6.45. The van der Waals surface area contributed by atoms with Crippen LogP contribution in [0.15, 0.2) is 29.2 Å². The second-order valence-corrected chi connectivity index (χ2v) is 7.01. The normalized spacial score (nSPS) is 13.4. The van der Waals surface area contributed by atoms with E-state index in [0.29, 0.717) is 5.92 Å². The molecule has 0 amide bonds. The highest BCUT2D eigenvalue weighted by atomic mass is 32.2. The van der Waals surface area contributed by atoms with Crippen molar-refractivity contribution in [3.8, 4) is 0 Å². The minimum atomic E-state index is -3.43. The Balaban J connectivity index is 2.65. The van der Waals surface area contributed by atoms with Crippen molar-refractivity contribution < 1.29 is 13.5 Å². The monoisotopic (exact) mass is 300 g/mol. The molecule has 0 saturated carbocycles. The van der Waals surface area contributed by atoms with Crippen LogP contribution in [0.3, 0.4) is 0 Å². The predicted octanol–water partition coefficient (Wildman–Crippen LogP) is 1.80. The summed E-state index contributed by atoms with van der Waals surface area (Å²) >= 11 is 0. The second kappa shape index (κ2) is 7.61. The van der Waals surface area contributed by atoms with E-state index in [4.69, 9.17) is 5.11 Å². The number of rotatable bonds is 8. The molecule has 1 rings (SSSR count). The molecule has 0 aliphatic rings. The Labute approximate surface area is 121 Å². The number of aliphatic hydroxyl groups excluding tert-OH is 1. The van der Waals surface area contributed by atoms with Gasteiger partial charge in [-0.25, -0.2) is 13.1 Å². The molecule has 0 radical (unpaired) electrons. The fourth-order valence-electron chi connectivity index (χ4n) is 1.74. The summed E-state index contributed by atoms with van der Waals surface area (Å²) in [6.07, 6.45) is 0.748. The highest BCUT2D eigenvalue weighted by Gasteiger charge is 2.14. The molecule has 1 atom stereocenters. The summed E-state index contributed by atoms with van der Waals surface area (Å²) in [6.45, 7) is 6.55. The van der Waals surface area contributed by atoms with Crippen molar-refractivity contribution in [3.05, 3.63) is 24.3 Å². The van der Waals surface area contributed by atoms with Gasteiger partial charge in [-0.1, -0.05) is 6.92 Å². The van der Waals surface area contributed by atoms with E-state index in [1.165, 1.54) is 0 Å². The van der Waals surface area contributed by atoms with Crippen LogP contribution in [-0.2, 0) is 10.0 Å². The van der Waals surface area contributed by atoms with E-state index in [2.05, 4.69) is 17.0 Å². The average molecular weight is 300 g/mol. The van der Waals surface area contributed by atoms with Crippen LogP contribution in [0, 0.1) is 5.92 Å². The second-order valence-electron chi connectivity index (χ2n) is 5.30. The van der Waals surface area contributed by atoms with E-state index in [-0.39, 0.29) is 17.5 Å². The van der Waals surface area contributed by atoms with Crippen molar-refractivity contribution in [3.63, 3.8) is 0 Å². The molecule has 1 unspecified atom stereocenters. The number of nitrogens with one attached hydrogen (secondary N) is 2. The molecular formula is C14H24N2O3S. The first-order valence-electron chi connectivity index (χ1n) is 6.82. The minimum absolute atomic E-state index is 0.128. The molecule has 5 nitrogen and oxygen atoms in total. The third-order valence-electron chi connectivity index (χ3n) is 2.83. The Morgan fingerprint density at radius 3 is 2.25 bits per heavy atom. The van der Waals surface area contributed by atoms with Crippen molar-refractivity contribution in [2.24, 2.45) is 5.92 Å². The molecule has 0 aliphatic carbocycles. The molecule has 0 heterocycles. The average Bonchev–Trinajstić information content (AvgIpc) is 2.36. The predicted molar refractivity (Wildman–Crippen MR) is 81.3 cm³/mol. The number of hydrogen-bond donors (Lipinski definition) is 3. The molecule has 6 heteroatoms. The maximum atomic E-state index is 11.9. The third kappa shape index (κ3) is 5.48. The van der Waals surface area contributed by atoms with Gasteiger partial charge in [0.1, 0.15) is 0 Å². The Morgan fingerprint density at radius 2 is 1.75 bits per heavy atom. The summed E-state index contributed by atoms with van der Waals surface area (Å²) < 4.78 is 26.4. The molecule has 20 heavy (non-hydrogen) atoms. The van der Waals surface area contributed by atoms with Crippen LogP contribution in [0.25, 0.3) is 0 Å². The molecule has 0 fully saturated rings. The quantitative estimate of drug-likeness (QED) is 0.684. The lowest BCUT2D eigenvalue weighted by atomic mass is 10.1. The van der Waals surface area contributed by atoms with Crippen LogP contribution in [0.1, 0.15) is 27.2 Å². The molecule has 0 aromatic heterocycles. The minimum Gasteiger partial charge on any atom is -0.396 e. The molecule has 3 N–H and O–H groups in total. The van der Waals surface area contributed by atoms with Gasteiger partial charge in [0, 0.05) is 24.9 Å². The van der Waals surface area contributed by atoms with Crippen LogP contribution in [0.2, 0.25) is 0 Å². The zero-order valence-corrected chi connectivity index (χ0v) is 13.1. The fraction of sp³-hybridized carbons (Fsp3) is 0.571. The molecule has 0 saturated heterocycles. The summed E-state index contributed by atoms with van der Waals surface area (Å²) in [5, 5.41) is 12.1. The summed E-state index contributed by atoms with van der Waals surface area (Å²) in [4.78, 5) is 0.264. The molecule has 1 aromatic rings. The Morgan fingerprint density at radius 1 is 1.15 bits per heavy atom. The van der Waals surface area contributed by atoms with Gasteiger partial charge in [0.15, 0.2) is 0 Å². The van der Waals surface area contributed by atoms with Gasteiger partial charge in [0.05, 0.1) is 4.90 Å². The van der Waals surface area contributed by atoms with Crippen molar-refractivity contribution in [2.45, 2.75) is 38.1 Å². The van der Waals surface area contributed by atoms with Gasteiger partial charge >= 0.3 is 0 Å². The standard InChI is InChI=1S/C14H24N2O3S/c1-11(2)16-20(18,19)14-6-4-13(5-7-14)15-10-12(3)8-9-17/h4-7,11-12,15-17H,8-10H2,1-3H3. The first kappa shape index (κ1) is 16.9. The van der Waals surface area contributed by atoms with Crippen LogP contribution in [0.5, 0.6) is 0 Å². The summed E-state index contributed by atoms with van der Waals surface area (Å²) in [5.74, 6) is 0.367. The van der Waals surface area contributed by atoms with Crippen molar-refractivity contribution in [1.29, 1.82) is 0 Å². The molecule has 0 spiro atoms. The molecule has 0 bridgehead atoms. The van der Waals surface area contributed by atoms with E-state index >= 15 is 0 Å². The zero-order chi connectivity index (χ0) is 15.2. The molecular weight excluding hydrogens is 276 g/mol. The van der Waals surface area contributed by atoms with Gasteiger partial charge in [-0.2, -0.15) is 0 Å². The van der Waals surface area contributed by atoms with E-state index in [1.807, 2.05) is 0 Å². The highest BCUT2D eigenvalue weighted by molar-refractivity contribution is 7.89. The van der Waals surface area contributed by atoms with Crippen molar-refractivity contribution >= 4 is 15.7 Å². The third-order valence-corrected chi connectivity index (χ3v) is 4.51. The SMILES string of the molecule is CC(CCO)CNc1ccc(S(=O)(=O)NC(C)C)cc1. The largest absolute Gasteiger partial charge is 0.396 e. The number of sulfonamides is 1. The van der Waals surface area contributed by atoms with E-state index in [0.717, 1.165) is 18.7 Å². The molecule has 1 aromatic carbocycles. The first-order valence-corrected chi connectivity index (χ1v) is 8.30. The molecule has 0 aliphatic heterocycles. The number of aliphatic hydroxyl groups is 1. The van der Waals surface area contributed by atoms with Crippen LogP contribution in [-0.4, -0.2) is 32.7 Å². The van der Waals surface area contributed by atoms with Gasteiger partial charge in [0.2, 0.25) is 10.0 Å². The maximum absolute atomic E-state index is 11.9. The Hall–Kier alpha value is -1.11. The number of anilines is 1. The lowest BCUT2D eigenvalue weighted by Gasteiger charge is -2.13.